The minimum Gasteiger partial charge on any atom is -0.378 e. The van der Waals surface area contributed by atoms with E-state index in [1.54, 1.807) is 0 Å². The highest BCUT2D eigenvalue weighted by atomic mass is 16.5. The average molecular weight is 184 g/mol. The highest BCUT2D eigenvalue weighted by molar-refractivity contribution is 4.76. The first-order chi connectivity index (χ1) is 6.26. The number of hydrogen-bond donors (Lipinski definition) is 0. The highest BCUT2D eigenvalue weighted by Crippen LogP contribution is 2.05. The molecule has 1 aliphatic heterocycles. The summed E-state index contributed by atoms with van der Waals surface area (Å²) in [6, 6.07) is 0. The Labute approximate surface area is 81.0 Å². The molecular formula is C10H20N2O. The number of rotatable bonds is 4. The smallest absolute Gasteiger partial charge is 0.0876 e. The van der Waals surface area contributed by atoms with Gasteiger partial charge in [0.2, 0.25) is 0 Å². The zero-order valence-corrected chi connectivity index (χ0v) is 8.70. The fourth-order valence-electron chi connectivity index (χ4n) is 1.57. The van der Waals surface area contributed by atoms with Crippen LogP contribution in [0.1, 0.15) is 6.92 Å². The molecule has 1 heterocycles. The third-order valence-electron chi connectivity index (χ3n) is 2.47. The van der Waals surface area contributed by atoms with E-state index in [9.17, 15) is 0 Å². The van der Waals surface area contributed by atoms with Gasteiger partial charge in [0.05, 0.1) is 12.7 Å². The van der Waals surface area contributed by atoms with Gasteiger partial charge in [0.25, 0.3) is 0 Å². The van der Waals surface area contributed by atoms with Crippen molar-refractivity contribution < 1.29 is 4.74 Å². The van der Waals surface area contributed by atoms with Gasteiger partial charge in [-0.05, 0) is 12.7 Å². The van der Waals surface area contributed by atoms with Crippen LogP contribution in [0.5, 0.6) is 0 Å². The van der Waals surface area contributed by atoms with Crippen molar-refractivity contribution in [3.05, 3.63) is 12.8 Å². The summed E-state index contributed by atoms with van der Waals surface area (Å²) in [4.78, 5) is 4.49. The van der Waals surface area contributed by atoms with Crippen molar-refractivity contribution in [1.82, 2.24) is 9.80 Å². The Kier molecular flexibility index (Phi) is 4.25. The molecule has 1 aliphatic rings. The first-order valence-corrected chi connectivity index (χ1v) is 4.93. The van der Waals surface area contributed by atoms with Gasteiger partial charge in [-0.1, -0.05) is 13.5 Å². The van der Waals surface area contributed by atoms with Crippen LogP contribution in [-0.4, -0.2) is 55.7 Å². The Morgan fingerprint density at radius 3 is 3.08 bits per heavy atom. The maximum Gasteiger partial charge on any atom is 0.0876 e. The molecule has 1 saturated heterocycles. The van der Waals surface area contributed by atoms with E-state index in [0.717, 1.165) is 32.8 Å². The molecule has 1 rings (SSSR count). The molecule has 1 atom stereocenters. The summed E-state index contributed by atoms with van der Waals surface area (Å²) < 4.78 is 5.65. The van der Waals surface area contributed by atoms with Gasteiger partial charge < -0.3 is 9.64 Å². The highest BCUT2D eigenvalue weighted by Gasteiger charge is 2.19. The molecule has 0 saturated carbocycles. The van der Waals surface area contributed by atoms with Crippen LogP contribution in [0.25, 0.3) is 0 Å². The zero-order valence-electron chi connectivity index (χ0n) is 8.70. The van der Waals surface area contributed by atoms with E-state index in [-0.39, 0.29) is 0 Å². The van der Waals surface area contributed by atoms with Gasteiger partial charge in [-0.2, -0.15) is 0 Å². The first kappa shape index (κ1) is 10.5. The van der Waals surface area contributed by atoms with Crippen LogP contribution in [0.2, 0.25) is 0 Å². The molecule has 0 N–H and O–H groups in total. The van der Waals surface area contributed by atoms with Gasteiger partial charge in [0, 0.05) is 26.7 Å². The Bertz CT molecular complexity index is 161. The zero-order chi connectivity index (χ0) is 9.68. The lowest BCUT2D eigenvalue weighted by atomic mass is 10.2. The summed E-state index contributed by atoms with van der Waals surface area (Å²) in [7, 11) is 2.03. The van der Waals surface area contributed by atoms with E-state index < -0.39 is 0 Å². The van der Waals surface area contributed by atoms with Crippen molar-refractivity contribution in [2.24, 2.45) is 0 Å². The third-order valence-corrected chi connectivity index (χ3v) is 2.47. The van der Waals surface area contributed by atoms with E-state index in [1.807, 2.05) is 13.2 Å². The topological polar surface area (TPSA) is 15.7 Å². The standard InChI is InChI=1S/C10H20N2O/c1-4-11(3)8-10-9-12(5-2)6-7-13-10/h4,10H,1,5-9H2,2-3H3. The average Bonchev–Trinajstić information content (AvgIpc) is 2.18. The van der Waals surface area contributed by atoms with Crippen LogP contribution >= 0.6 is 0 Å². The third kappa shape index (κ3) is 3.36. The van der Waals surface area contributed by atoms with Gasteiger partial charge in [-0.3, -0.25) is 4.90 Å². The van der Waals surface area contributed by atoms with Crippen LogP contribution in [-0.2, 0) is 4.74 Å². The largest absolute Gasteiger partial charge is 0.378 e. The van der Waals surface area contributed by atoms with Crippen LogP contribution in [0, 0.1) is 0 Å². The number of hydrogen-bond acceptors (Lipinski definition) is 3. The van der Waals surface area contributed by atoms with E-state index >= 15 is 0 Å². The van der Waals surface area contributed by atoms with Crippen molar-refractivity contribution in [2.45, 2.75) is 13.0 Å². The predicted octanol–water partition coefficient (Wildman–Crippen LogP) is 0.782. The van der Waals surface area contributed by atoms with Crippen LogP contribution in [0.3, 0.4) is 0 Å². The molecule has 0 radical (unpaired) electrons. The van der Waals surface area contributed by atoms with E-state index in [1.165, 1.54) is 0 Å². The lowest BCUT2D eigenvalue weighted by Gasteiger charge is -2.33. The second kappa shape index (κ2) is 5.25. The van der Waals surface area contributed by atoms with Crippen molar-refractivity contribution in [3.63, 3.8) is 0 Å². The number of morpholine rings is 1. The summed E-state index contributed by atoms with van der Waals surface area (Å²) in [5.74, 6) is 0. The molecule has 1 unspecified atom stereocenters. The summed E-state index contributed by atoms with van der Waals surface area (Å²) in [6.45, 7) is 11.0. The fraction of sp³-hybridized carbons (Fsp3) is 0.800. The summed E-state index contributed by atoms with van der Waals surface area (Å²) >= 11 is 0. The number of likely N-dealkylation sites (N-methyl/N-ethyl adjacent to an activating group) is 2. The predicted molar refractivity (Wildman–Crippen MR) is 54.7 cm³/mol. The Morgan fingerprint density at radius 2 is 2.46 bits per heavy atom. The van der Waals surface area contributed by atoms with Crippen molar-refractivity contribution in [3.8, 4) is 0 Å². The minimum absolute atomic E-state index is 0.344. The maximum absolute atomic E-state index is 5.65. The molecule has 3 nitrogen and oxygen atoms in total. The summed E-state index contributed by atoms with van der Waals surface area (Å²) in [5, 5.41) is 0. The molecule has 0 aromatic rings. The number of nitrogens with zero attached hydrogens (tertiary/aromatic N) is 2. The lowest BCUT2D eigenvalue weighted by molar-refractivity contribution is -0.0344. The van der Waals surface area contributed by atoms with Gasteiger partial charge in [-0.15, -0.1) is 0 Å². The van der Waals surface area contributed by atoms with Gasteiger partial charge in [0.1, 0.15) is 0 Å². The van der Waals surface area contributed by atoms with E-state index in [2.05, 4.69) is 23.3 Å². The van der Waals surface area contributed by atoms with Gasteiger partial charge in [-0.25, -0.2) is 0 Å². The van der Waals surface area contributed by atoms with E-state index in [0.29, 0.717) is 6.10 Å². The summed E-state index contributed by atoms with van der Waals surface area (Å²) in [6.07, 6.45) is 2.19. The van der Waals surface area contributed by atoms with E-state index in [4.69, 9.17) is 4.74 Å². The van der Waals surface area contributed by atoms with Gasteiger partial charge >= 0.3 is 0 Å². The SMILES string of the molecule is C=CN(C)CC1CN(CC)CCO1. The molecule has 3 heteroatoms. The minimum atomic E-state index is 0.344. The molecule has 0 spiro atoms. The van der Waals surface area contributed by atoms with Gasteiger partial charge in [0.15, 0.2) is 0 Å². The number of ether oxygens (including phenoxy) is 1. The van der Waals surface area contributed by atoms with Crippen LogP contribution in [0.15, 0.2) is 12.8 Å². The Balaban J connectivity index is 2.29. The normalized spacial score (nSPS) is 24.3. The molecule has 0 aliphatic carbocycles. The lowest BCUT2D eigenvalue weighted by Crippen LogP contribution is -2.45. The maximum atomic E-state index is 5.65. The molecule has 0 bridgehead atoms. The Morgan fingerprint density at radius 1 is 1.69 bits per heavy atom. The molecule has 13 heavy (non-hydrogen) atoms. The van der Waals surface area contributed by atoms with Crippen molar-refractivity contribution >= 4 is 0 Å². The quantitative estimate of drug-likeness (QED) is 0.642. The molecule has 1 fully saturated rings. The molecule has 0 aromatic carbocycles. The molecule has 0 amide bonds. The second-order valence-electron chi connectivity index (χ2n) is 3.51. The van der Waals surface area contributed by atoms with Crippen LogP contribution < -0.4 is 0 Å². The van der Waals surface area contributed by atoms with Crippen molar-refractivity contribution in [1.29, 1.82) is 0 Å². The van der Waals surface area contributed by atoms with Crippen molar-refractivity contribution in [2.75, 3.05) is 39.8 Å². The van der Waals surface area contributed by atoms with Crippen LogP contribution in [0.4, 0.5) is 0 Å². The fourth-order valence-corrected chi connectivity index (χ4v) is 1.57. The Hall–Kier alpha value is -0.540. The monoisotopic (exact) mass is 184 g/mol. The first-order valence-electron chi connectivity index (χ1n) is 4.93. The second-order valence-corrected chi connectivity index (χ2v) is 3.51. The molecule has 76 valence electrons. The summed E-state index contributed by atoms with van der Waals surface area (Å²) in [5.41, 5.74) is 0. The molecule has 0 aromatic heterocycles. The molecular weight excluding hydrogens is 164 g/mol.